The summed E-state index contributed by atoms with van der Waals surface area (Å²) in [5.74, 6) is -1.06. The molecule has 0 bridgehead atoms. The van der Waals surface area contributed by atoms with Gasteiger partial charge in [0.2, 0.25) is 5.91 Å². The summed E-state index contributed by atoms with van der Waals surface area (Å²) < 4.78 is 9.87. The molecule has 2 aromatic carbocycles. The number of rotatable bonds is 8. The molecule has 7 nitrogen and oxygen atoms in total. The molecule has 0 unspecified atom stereocenters. The number of esters is 1. The first-order chi connectivity index (χ1) is 13.9. The first-order valence-electron chi connectivity index (χ1n) is 9.27. The molecule has 0 spiro atoms. The number of carbonyl (C=O) groups is 3. The molecule has 0 aliphatic heterocycles. The van der Waals surface area contributed by atoms with Crippen molar-refractivity contribution in [1.29, 1.82) is 0 Å². The largest absolute Gasteiger partial charge is 0.467 e. The molecule has 0 heterocycles. The topological polar surface area (TPSA) is 93.7 Å². The Morgan fingerprint density at radius 3 is 2.24 bits per heavy atom. The van der Waals surface area contributed by atoms with Crippen LogP contribution in [0, 0.1) is 13.8 Å². The zero-order chi connectivity index (χ0) is 21.2. The van der Waals surface area contributed by atoms with Crippen LogP contribution in [0.1, 0.15) is 22.3 Å². The molecule has 2 rings (SSSR count). The number of hydrogen-bond acceptors (Lipinski definition) is 5. The van der Waals surface area contributed by atoms with E-state index in [1.54, 1.807) is 0 Å². The minimum absolute atomic E-state index is 0.103. The first-order valence-corrected chi connectivity index (χ1v) is 9.27. The van der Waals surface area contributed by atoms with E-state index in [-0.39, 0.29) is 13.2 Å². The second kappa shape index (κ2) is 10.8. The van der Waals surface area contributed by atoms with E-state index in [1.165, 1.54) is 7.11 Å². The second-order valence-corrected chi connectivity index (χ2v) is 6.63. The Kier molecular flexibility index (Phi) is 8.21. The van der Waals surface area contributed by atoms with Gasteiger partial charge in [-0.1, -0.05) is 48.5 Å². The summed E-state index contributed by atoms with van der Waals surface area (Å²) in [4.78, 5) is 36.1. The summed E-state index contributed by atoms with van der Waals surface area (Å²) in [6.45, 7) is 3.69. The number of benzene rings is 2. The fourth-order valence-electron chi connectivity index (χ4n) is 2.88. The Hall–Kier alpha value is -3.35. The summed E-state index contributed by atoms with van der Waals surface area (Å²) in [7, 11) is 1.27. The van der Waals surface area contributed by atoms with Gasteiger partial charge in [0, 0.05) is 6.42 Å². The van der Waals surface area contributed by atoms with Crippen LogP contribution in [0.4, 0.5) is 4.79 Å². The smallest absolute Gasteiger partial charge is 0.407 e. The van der Waals surface area contributed by atoms with Crippen LogP contribution < -0.4 is 10.6 Å². The zero-order valence-electron chi connectivity index (χ0n) is 16.9. The van der Waals surface area contributed by atoms with E-state index in [2.05, 4.69) is 10.6 Å². The molecule has 0 fully saturated rings. The number of aryl methyl sites for hydroxylation is 2. The van der Waals surface area contributed by atoms with Crippen molar-refractivity contribution in [2.24, 2.45) is 0 Å². The lowest BCUT2D eigenvalue weighted by Gasteiger charge is -2.19. The molecule has 1 atom stereocenters. The molecule has 2 N–H and O–H groups in total. The monoisotopic (exact) mass is 398 g/mol. The van der Waals surface area contributed by atoms with E-state index in [9.17, 15) is 14.4 Å². The Morgan fingerprint density at radius 2 is 1.62 bits per heavy atom. The van der Waals surface area contributed by atoms with Crippen molar-refractivity contribution < 1.29 is 23.9 Å². The molecule has 0 aromatic heterocycles. The Labute approximate surface area is 170 Å². The fraction of sp³-hybridized carbons (Fsp3) is 0.318. The van der Waals surface area contributed by atoms with E-state index < -0.39 is 24.0 Å². The van der Waals surface area contributed by atoms with Crippen LogP contribution in [0.25, 0.3) is 0 Å². The lowest BCUT2D eigenvalue weighted by Crippen LogP contribution is -2.47. The first kappa shape index (κ1) is 21.9. The minimum Gasteiger partial charge on any atom is -0.467 e. The van der Waals surface area contributed by atoms with Gasteiger partial charge in [-0.3, -0.25) is 4.79 Å². The maximum absolute atomic E-state index is 12.2. The zero-order valence-corrected chi connectivity index (χ0v) is 16.9. The molecule has 0 radical (unpaired) electrons. The van der Waals surface area contributed by atoms with Crippen molar-refractivity contribution in [3.8, 4) is 0 Å². The highest BCUT2D eigenvalue weighted by Crippen LogP contribution is 2.16. The van der Waals surface area contributed by atoms with Gasteiger partial charge >= 0.3 is 12.1 Å². The van der Waals surface area contributed by atoms with Crippen molar-refractivity contribution in [3.05, 3.63) is 70.8 Å². The van der Waals surface area contributed by atoms with E-state index >= 15 is 0 Å². The number of nitrogens with one attached hydrogen (secondary N) is 2. The van der Waals surface area contributed by atoms with Crippen molar-refractivity contribution >= 4 is 18.0 Å². The summed E-state index contributed by atoms with van der Waals surface area (Å²) >= 11 is 0. The third kappa shape index (κ3) is 6.95. The van der Waals surface area contributed by atoms with Gasteiger partial charge in [0.25, 0.3) is 0 Å². The Bertz CT molecular complexity index is 831. The lowest BCUT2D eigenvalue weighted by atomic mass is 9.96. The number of alkyl carbamates (subject to hydrolysis) is 1. The number of methoxy groups -OCH3 is 1. The minimum atomic E-state index is -0.852. The predicted octanol–water partition coefficient (Wildman–Crippen LogP) is 2.43. The van der Waals surface area contributed by atoms with Gasteiger partial charge in [0.05, 0.1) is 7.11 Å². The maximum atomic E-state index is 12.2. The van der Waals surface area contributed by atoms with Gasteiger partial charge in [0.15, 0.2) is 0 Å². The number of hydrogen-bond donors (Lipinski definition) is 2. The van der Waals surface area contributed by atoms with Crippen LogP contribution in [-0.4, -0.2) is 37.7 Å². The second-order valence-electron chi connectivity index (χ2n) is 6.63. The van der Waals surface area contributed by atoms with Crippen LogP contribution >= 0.6 is 0 Å². The fourth-order valence-corrected chi connectivity index (χ4v) is 2.88. The van der Waals surface area contributed by atoms with Crippen LogP contribution in [0.15, 0.2) is 48.5 Å². The Balaban J connectivity index is 1.87. The number of amides is 2. The van der Waals surface area contributed by atoms with Crippen molar-refractivity contribution in [2.45, 2.75) is 32.9 Å². The van der Waals surface area contributed by atoms with Gasteiger partial charge in [-0.2, -0.15) is 0 Å². The van der Waals surface area contributed by atoms with Gasteiger partial charge in [-0.25, -0.2) is 9.59 Å². The molecule has 154 valence electrons. The summed E-state index contributed by atoms with van der Waals surface area (Å²) in [5, 5.41) is 4.99. The van der Waals surface area contributed by atoms with Gasteiger partial charge < -0.3 is 20.1 Å². The summed E-state index contributed by atoms with van der Waals surface area (Å²) in [6.07, 6.45) is -0.414. The van der Waals surface area contributed by atoms with E-state index in [0.717, 1.165) is 22.3 Å². The van der Waals surface area contributed by atoms with Crippen LogP contribution in [0.3, 0.4) is 0 Å². The molecule has 29 heavy (non-hydrogen) atoms. The lowest BCUT2D eigenvalue weighted by molar-refractivity contribution is -0.144. The normalized spacial score (nSPS) is 11.3. The molecule has 7 heteroatoms. The molecule has 0 saturated carbocycles. The average molecular weight is 398 g/mol. The summed E-state index contributed by atoms with van der Waals surface area (Å²) in [6, 6.07) is 14.2. The highest BCUT2D eigenvalue weighted by molar-refractivity contribution is 5.87. The molecule has 2 amide bonds. The van der Waals surface area contributed by atoms with Crippen LogP contribution in [0.2, 0.25) is 0 Å². The van der Waals surface area contributed by atoms with E-state index in [1.807, 2.05) is 62.4 Å². The van der Waals surface area contributed by atoms with E-state index in [0.29, 0.717) is 6.42 Å². The van der Waals surface area contributed by atoms with E-state index in [4.69, 9.17) is 9.47 Å². The molecular formula is C22H26N2O5. The van der Waals surface area contributed by atoms with Crippen molar-refractivity contribution in [3.63, 3.8) is 0 Å². The Morgan fingerprint density at radius 1 is 0.966 bits per heavy atom. The van der Waals surface area contributed by atoms with Crippen molar-refractivity contribution in [1.82, 2.24) is 10.6 Å². The van der Waals surface area contributed by atoms with Crippen LogP contribution in [-0.2, 0) is 32.1 Å². The predicted molar refractivity (Wildman–Crippen MR) is 108 cm³/mol. The molecule has 0 aliphatic carbocycles. The summed E-state index contributed by atoms with van der Waals surface area (Å²) in [5.41, 5.74) is 3.86. The number of carbonyl (C=O) groups excluding carboxylic acids is 3. The molecule has 2 aromatic rings. The average Bonchev–Trinajstić information content (AvgIpc) is 2.72. The van der Waals surface area contributed by atoms with Crippen LogP contribution in [0.5, 0.6) is 0 Å². The molecular weight excluding hydrogens is 372 g/mol. The SMILES string of the molecule is COC(=O)[C@@H](Cc1c(C)cccc1C)NC(=O)CNC(=O)OCc1ccccc1. The highest BCUT2D eigenvalue weighted by atomic mass is 16.5. The highest BCUT2D eigenvalue weighted by Gasteiger charge is 2.23. The van der Waals surface area contributed by atoms with Gasteiger partial charge in [0.1, 0.15) is 19.2 Å². The maximum Gasteiger partial charge on any atom is 0.407 e. The quantitative estimate of drug-likeness (QED) is 0.666. The third-order valence-electron chi connectivity index (χ3n) is 4.48. The van der Waals surface area contributed by atoms with Gasteiger partial charge in [-0.15, -0.1) is 0 Å². The number of ether oxygens (including phenoxy) is 2. The van der Waals surface area contributed by atoms with Gasteiger partial charge in [-0.05, 0) is 36.1 Å². The van der Waals surface area contributed by atoms with Crippen molar-refractivity contribution in [2.75, 3.05) is 13.7 Å². The standard InChI is InChI=1S/C22H26N2O5/c1-15-8-7-9-16(2)18(15)12-19(21(26)28-3)24-20(25)13-23-22(27)29-14-17-10-5-4-6-11-17/h4-11,19H,12-14H2,1-3H3,(H,23,27)(H,24,25)/t19-/m1/s1. The molecule has 0 aliphatic rings. The third-order valence-corrected chi connectivity index (χ3v) is 4.48. The molecule has 0 saturated heterocycles.